The maximum atomic E-state index is 13.3. The predicted molar refractivity (Wildman–Crippen MR) is 117 cm³/mol. The van der Waals surface area contributed by atoms with Crippen molar-refractivity contribution in [2.45, 2.75) is 19.5 Å². The molecule has 0 aliphatic heterocycles. The van der Waals surface area contributed by atoms with E-state index < -0.39 is 0 Å². The predicted octanol–water partition coefficient (Wildman–Crippen LogP) is 3.38. The third-order valence-corrected chi connectivity index (χ3v) is 5.25. The summed E-state index contributed by atoms with van der Waals surface area (Å²) in [7, 11) is 1.65. The molecule has 7 heteroatoms. The number of hydrogen-bond acceptors (Lipinski definition) is 5. The van der Waals surface area contributed by atoms with Crippen molar-refractivity contribution in [3.05, 3.63) is 76.8 Å². The lowest BCUT2D eigenvalue weighted by Crippen LogP contribution is -2.21. The molecule has 0 atom stereocenters. The second-order valence-corrected chi connectivity index (χ2v) is 7.24. The van der Waals surface area contributed by atoms with Crippen LogP contribution in [0.2, 0.25) is 0 Å². The van der Waals surface area contributed by atoms with E-state index in [1.807, 2.05) is 47.0 Å². The Morgan fingerprint density at radius 2 is 1.67 bits per heavy atom. The number of nitrogens with zero attached hydrogens (tertiary/aromatic N) is 5. The number of aryl methyl sites for hydroxylation is 1. The van der Waals surface area contributed by atoms with Gasteiger partial charge in [-0.05, 0) is 24.1 Å². The van der Waals surface area contributed by atoms with Crippen LogP contribution in [0.5, 0.6) is 0 Å². The summed E-state index contributed by atoms with van der Waals surface area (Å²) in [6.07, 6.45) is 2.35. The van der Waals surface area contributed by atoms with Gasteiger partial charge in [0.05, 0.1) is 23.9 Å². The maximum Gasteiger partial charge on any atom is 0.265 e. The Labute approximate surface area is 172 Å². The zero-order valence-electron chi connectivity index (χ0n) is 16.7. The second kappa shape index (κ2) is 7.68. The van der Waals surface area contributed by atoms with Crippen molar-refractivity contribution in [3.8, 4) is 0 Å². The molecule has 0 spiro atoms. The zero-order valence-corrected chi connectivity index (χ0v) is 16.7. The number of benzene rings is 2. The van der Waals surface area contributed by atoms with Crippen molar-refractivity contribution >= 4 is 33.2 Å². The molecule has 7 nitrogen and oxygen atoms in total. The van der Waals surface area contributed by atoms with Crippen LogP contribution in [0.3, 0.4) is 0 Å². The van der Waals surface area contributed by atoms with E-state index in [1.165, 1.54) is 0 Å². The van der Waals surface area contributed by atoms with Crippen molar-refractivity contribution < 1.29 is 4.74 Å². The fraction of sp³-hybridized carbons (Fsp3) is 0.217. The number of ether oxygens (including phenoxy) is 1. The van der Waals surface area contributed by atoms with Crippen molar-refractivity contribution in [1.82, 2.24) is 24.1 Å². The maximum absolute atomic E-state index is 13.3. The quantitative estimate of drug-likeness (QED) is 0.409. The van der Waals surface area contributed by atoms with Gasteiger partial charge in [0, 0.05) is 20.3 Å². The van der Waals surface area contributed by atoms with Crippen LogP contribution in [-0.2, 0) is 17.8 Å². The summed E-state index contributed by atoms with van der Waals surface area (Å²) >= 11 is 0. The molecule has 0 radical (unpaired) electrons. The Bertz CT molecular complexity index is 1410. The molecule has 0 amide bonds. The lowest BCUT2D eigenvalue weighted by atomic mass is 10.2. The molecular weight excluding hydrogens is 378 g/mol. The molecule has 0 saturated carbocycles. The number of aromatic nitrogens is 5. The summed E-state index contributed by atoms with van der Waals surface area (Å²) < 4.78 is 8.73. The first-order valence-corrected chi connectivity index (χ1v) is 9.93. The van der Waals surface area contributed by atoms with Crippen LogP contribution in [-0.4, -0.2) is 37.8 Å². The molecule has 5 rings (SSSR count). The van der Waals surface area contributed by atoms with Gasteiger partial charge in [-0.25, -0.2) is 15.0 Å². The number of para-hydroxylation sites is 2. The molecule has 5 aromatic rings. The summed E-state index contributed by atoms with van der Waals surface area (Å²) in [5.74, 6) is 0. The van der Waals surface area contributed by atoms with Crippen LogP contribution < -0.4 is 5.56 Å². The highest BCUT2D eigenvalue weighted by molar-refractivity contribution is 6.04. The molecule has 0 aliphatic carbocycles. The van der Waals surface area contributed by atoms with E-state index in [-0.39, 0.29) is 5.56 Å². The largest absolute Gasteiger partial charge is 0.385 e. The van der Waals surface area contributed by atoms with Gasteiger partial charge in [-0.15, -0.1) is 0 Å². The fourth-order valence-electron chi connectivity index (χ4n) is 3.79. The van der Waals surface area contributed by atoms with E-state index in [0.29, 0.717) is 41.9 Å². The van der Waals surface area contributed by atoms with Gasteiger partial charge < -0.3 is 9.30 Å². The summed E-state index contributed by atoms with van der Waals surface area (Å²) in [5, 5.41) is 0.513. The van der Waals surface area contributed by atoms with Crippen LogP contribution in [0, 0.1) is 0 Å². The normalized spacial score (nSPS) is 11.6. The van der Waals surface area contributed by atoms with Crippen molar-refractivity contribution in [1.29, 1.82) is 0 Å². The standard InChI is InChI=1S/C23H21N5O2/c1-30-13-7-12-27-15-24-21-19(23(27)29)20-22(26-18-11-6-5-10-17(18)25-20)28(21)14-16-8-3-2-4-9-16/h2-6,8-11,15H,7,12-14H2,1H3. The van der Waals surface area contributed by atoms with Crippen molar-refractivity contribution in [3.63, 3.8) is 0 Å². The van der Waals surface area contributed by atoms with Crippen LogP contribution in [0.25, 0.3) is 33.2 Å². The highest BCUT2D eigenvalue weighted by atomic mass is 16.5. The van der Waals surface area contributed by atoms with Gasteiger partial charge in [-0.2, -0.15) is 0 Å². The first kappa shape index (κ1) is 18.4. The molecule has 0 saturated heterocycles. The number of hydrogen-bond donors (Lipinski definition) is 0. The van der Waals surface area contributed by atoms with E-state index in [0.717, 1.165) is 23.0 Å². The minimum Gasteiger partial charge on any atom is -0.385 e. The van der Waals surface area contributed by atoms with Crippen LogP contribution in [0.15, 0.2) is 65.7 Å². The summed E-state index contributed by atoms with van der Waals surface area (Å²) in [6, 6.07) is 17.8. The van der Waals surface area contributed by atoms with E-state index >= 15 is 0 Å². The zero-order chi connectivity index (χ0) is 20.5. The number of methoxy groups -OCH3 is 1. The Hall–Kier alpha value is -3.58. The average molecular weight is 399 g/mol. The van der Waals surface area contributed by atoms with E-state index in [4.69, 9.17) is 14.7 Å². The number of fused-ring (bicyclic) bond motifs is 4. The van der Waals surface area contributed by atoms with Gasteiger partial charge in [0.15, 0.2) is 11.3 Å². The highest BCUT2D eigenvalue weighted by Crippen LogP contribution is 2.25. The van der Waals surface area contributed by atoms with Crippen LogP contribution >= 0.6 is 0 Å². The van der Waals surface area contributed by atoms with Crippen LogP contribution in [0.1, 0.15) is 12.0 Å². The molecule has 0 unspecified atom stereocenters. The molecule has 30 heavy (non-hydrogen) atoms. The number of rotatable bonds is 6. The molecule has 0 fully saturated rings. The summed E-state index contributed by atoms with van der Waals surface area (Å²) in [5.41, 5.74) is 4.44. The Morgan fingerprint density at radius 3 is 2.43 bits per heavy atom. The summed E-state index contributed by atoms with van der Waals surface area (Å²) in [4.78, 5) is 27.6. The van der Waals surface area contributed by atoms with Crippen LogP contribution in [0.4, 0.5) is 0 Å². The fourth-order valence-corrected chi connectivity index (χ4v) is 3.79. The first-order chi connectivity index (χ1) is 14.8. The van der Waals surface area contributed by atoms with Gasteiger partial charge in [0.1, 0.15) is 10.9 Å². The molecule has 0 bridgehead atoms. The Morgan fingerprint density at radius 1 is 0.933 bits per heavy atom. The molecule has 0 aliphatic rings. The van der Waals surface area contributed by atoms with Gasteiger partial charge in [0.2, 0.25) is 0 Å². The van der Waals surface area contributed by atoms with Gasteiger partial charge in [-0.1, -0.05) is 42.5 Å². The second-order valence-electron chi connectivity index (χ2n) is 7.24. The van der Waals surface area contributed by atoms with Gasteiger partial charge >= 0.3 is 0 Å². The highest BCUT2D eigenvalue weighted by Gasteiger charge is 2.19. The summed E-state index contributed by atoms with van der Waals surface area (Å²) in [6.45, 7) is 1.70. The molecule has 2 aromatic carbocycles. The Balaban J connectivity index is 1.78. The molecular formula is C23H21N5O2. The molecule has 3 heterocycles. The third kappa shape index (κ3) is 3.13. The monoisotopic (exact) mass is 399 g/mol. The lowest BCUT2D eigenvalue weighted by Gasteiger charge is -2.08. The topological polar surface area (TPSA) is 74.8 Å². The Kier molecular flexibility index (Phi) is 4.72. The lowest BCUT2D eigenvalue weighted by molar-refractivity contribution is 0.190. The minimum atomic E-state index is -0.0995. The SMILES string of the molecule is COCCCn1cnc2c(c1=O)c1nc3ccccc3nc1n2Cc1ccccc1. The third-order valence-electron chi connectivity index (χ3n) is 5.25. The van der Waals surface area contributed by atoms with Gasteiger partial charge in [-0.3, -0.25) is 9.36 Å². The first-order valence-electron chi connectivity index (χ1n) is 9.93. The van der Waals surface area contributed by atoms with Gasteiger partial charge in [0.25, 0.3) is 5.56 Å². The van der Waals surface area contributed by atoms with E-state index in [2.05, 4.69) is 17.1 Å². The van der Waals surface area contributed by atoms with Crippen molar-refractivity contribution in [2.24, 2.45) is 0 Å². The minimum absolute atomic E-state index is 0.0995. The molecule has 150 valence electrons. The smallest absolute Gasteiger partial charge is 0.265 e. The van der Waals surface area contributed by atoms with E-state index in [9.17, 15) is 4.79 Å². The average Bonchev–Trinajstić information content (AvgIpc) is 3.08. The molecule has 3 aromatic heterocycles. The van der Waals surface area contributed by atoms with E-state index in [1.54, 1.807) is 18.0 Å². The molecule has 0 N–H and O–H groups in total. The van der Waals surface area contributed by atoms with Crippen molar-refractivity contribution in [2.75, 3.05) is 13.7 Å².